The van der Waals surface area contributed by atoms with Gasteiger partial charge < -0.3 is 5.32 Å². The van der Waals surface area contributed by atoms with E-state index in [4.69, 9.17) is 0 Å². The molecule has 1 N–H and O–H groups in total. The Labute approximate surface area is 149 Å². The van der Waals surface area contributed by atoms with Crippen LogP contribution in [0.1, 0.15) is 62.6 Å². The maximum Gasteiger partial charge on any atom is 0.217 e. The second-order valence-electron chi connectivity index (χ2n) is 6.98. The summed E-state index contributed by atoms with van der Waals surface area (Å²) in [5, 5.41) is 7.27. The lowest BCUT2D eigenvalue weighted by Gasteiger charge is -2.26. The fourth-order valence-electron chi connectivity index (χ4n) is 3.55. The molecule has 0 radical (unpaired) electrons. The van der Waals surface area contributed by atoms with E-state index in [-0.39, 0.29) is 5.91 Å². The predicted molar refractivity (Wildman–Crippen MR) is 96.8 cm³/mol. The van der Waals surface area contributed by atoms with Crippen LogP contribution < -0.4 is 5.32 Å². The van der Waals surface area contributed by atoms with Crippen LogP contribution in [0.2, 0.25) is 0 Å². The van der Waals surface area contributed by atoms with Crippen LogP contribution in [-0.2, 0) is 17.9 Å². The van der Waals surface area contributed by atoms with Crippen molar-refractivity contribution in [1.82, 2.24) is 25.0 Å². The zero-order valence-electron chi connectivity index (χ0n) is 15.3. The third-order valence-electron chi connectivity index (χ3n) is 4.71. The number of amides is 1. The normalized spacial score (nSPS) is 18.0. The molecular weight excluding hydrogens is 314 g/mol. The molecule has 1 aliphatic heterocycles. The van der Waals surface area contributed by atoms with E-state index in [9.17, 15) is 4.79 Å². The molecule has 134 valence electrons. The lowest BCUT2D eigenvalue weighted by molar-refractivity contribution is -0.119. The highest BCUT2D eigenvalue weighted by Gasteiger charge is 2.27. The minimum Gasteiger partial charge on any atom is -0.351 e. The number of hydrogen-bond donors (Lipinski definition) is 1. The summed E-state index contributed by atoms with van der Waals surface area (Å²) >= 11 is 0. The van der Waals surface area contributed by atoms with E-state index >= 15 is 0 Å². The molecule has 0 aromatic carbocycles. The van der Waals surface area contributed by atoms with Crippen molar-refractivity contribution in [3.8, 4) is 0 Å². The first-order valence-corrected chi connectivity index (χ1v) is 9.00. The molecule has 1 atom stereocenters. The summed E-state index contributed by atoms with van der Waals surface area (Å²) in [6.07, 6.45) is 6.09. The number of nitrogens with one attached hydrogen (secondary N) is 1. The molecule has 3 rings (SSSR count). The first-order valence-electron chi connectivity index (χ1n) is 9.00. The topological polar surface area (TPSA) is 63.1 Å². The van der Waals surface area contributed by atoms with Gasteiger partial charge in [-0.05, 0) is 57.0 Å². The maximum atomic E-state index is 11.1. The molecule has 2 aromatic rings. The number of hydrogen-bond acceptors (Lipinski definition) is 4. The quantitative estimate of drug-likeness (QED) is 0.877. The third kappa shape index (κ3) is 4.25. The molecule has 1 amide bonds. The Balaban J connectivity index is 1.74. The van der Waals surface area contributed by atoms with Gasteiger partial charge >= 0.3 is 0 Å². The second kappa shape index (κ2) is 7.78. The third-order valence-corrected chi connectivity index (χ3v) is 4.71. The van der Waals surface area contributed by atoms with Crippen LogP contribution in [0, 0.1) is 0 Å². The van der Waals surface area contributed by atoms with Gasteiger partial charge in [-0.1, -0.05) is 0 Å². The summed E-state index contributed by atoms with van der Waals surface area (Å²) in [6.45, 7) is 8.34. The number of aromatic nitrogens is 3. The number of rotatable bonds is 6. The van der Waals surface area contributed by atoms with Crippen LogP contribution in [0.15, 0.2) is 30.6 Å². The van der Waals surface area contributed by atoms with Crippen LogP contribution in [0.25, 0.3) is 0 Å². The van der Waals surface area contributed by atoms with Crippen molar-refractivity contribution in [3.05, 3.63) is 47.5 Å². The summed E-state index contributed by atoms with van der Waals surface area (Å²) < 4.78 is 2.10. The van der Waals surface area contributed by atoms with Gasteiger partial charge in [-0.3, -0.25) is 19.4 Å². The molecular formula is C19H27N5O. The van der Waals surface area contributed by atoms with Gasteiger partial charge in [0.25, 0.3) is 0 Å². The number of carbonyl (C=O) groups excluding carboxylic acids is 1. The van der Waals surface area contributed by atoms with Crippen LogP contribution in [0.4, 0.5) is 0 Å². The molecule has 1 fully saturated rings. The lowest BCUT2D eigenvalue weighted by Crippen LogP contribution is -2.25. The first-order chi connectivity index (χ1) is 12.0. The summed E-state index contributed by atoms with van der Waals surface area (Å²) in [6, 6.07) is 7.11. The summed E-state index contributed by atoms with van der Waals surface area (Å²) in [7, 11) is 0. The molecule has 0 bridgehead atoms. The molecule has 0 spiro atoms. The first kappa shape index (κ1) is 17.6. The van der Waals surface area contributed by atoms with Gasteiger partial charge in [0.15, 0.2) is 0 Å². The Kier molecular flexibility index (Phi) is 5.48. The van der Waals surface area contributed by atoms with E-state index in [1.165, 1.54) is 24.6 Å². The minimum absolute atomic E-state index is 0.0309. The SMILES string of the molecule is CC(=O)NCc1cc(C2CCCN2Cc2ccnn2C(C)C)ccn1. The fraction of sp³-hybridized carbons (Fsp3) is 0.526. The highest BCUT2D eigenvalue weighted by atomic mass is 16.1. The van der Waals surface area contributed by atoms with Gasteiger partial charge in [-0.25, -0.2) is 0 Å². The van der Waals surface area contributed by atoms with E-state index in [2.05, 4.69) is 57.0 Å². The maximum absolute atomic E-state index is 11.1. The number of pyridine rings is 1. The summed E-state index contributed by atoms with van der Waals surface area (Å²) in [5.74, 6) is -0.0309. The van der Waals surface area contributed by atoms with Crippen LogP contribution in [-0.4, -0.2) is 32.1 Å². The van der Waals surface area contributed by atoms with E-state index in [0.29, 0.717) is 18.6 Å². The molecule has 0 saturated carbocycles. The van der Waals surface area contributed by atoms with E-state index in [1.54, 1.807) is 0 Å². The van der Waals surface area contributed by atoms with Gasteiger partial charge in [0.05, 0.1) is 17.9 Å². The van der Waals surface area contributed by atoms with Gasteiger partial charge in [0.1, 0.15) is 0 Å². The minimum atomic E-state index is -0.0309. The Morgan fingerprint density at radius 3 is 2.96 bits per heavy atom. The molecule has 1 aliphatic rings. The monoisotopic (exact) mass is 341 g/mol. The Bertz CT molecular complexity index is 724. The van der Waals surface area contributed by atoms with Crippen LogP contribution in [0.3, 0.4) is 0 Å². The number of nitrogens with zero attached hydrogens (tertiary/aromatic N) is 4. The molecule has 2 aromatic heterocycles. The smallest absolute Gasteiger partial charge is 0.217 e. The van der Waals surface area contributed by atoms with Crippen molar-refractivity contribution in [2.75, 3.05) is 6.54 Å². The van der Waals surface area contributed by atoms with Crippen molar-refractivity contribution < 1.29 is 4.79 Å². The molecule has 6 nitrogen and oxygen atoms in total. The van der Waals surface area contributed by atoms with Crippen molar-refractivity contribution in [2.45, 2.75) is 58.8 Å². The van der Waals surface area contributed by atoms with E-state index < -0.39 is 0 Å². The lowest BCUT2D eigenvalue weighted by atomic mass is 10.0. The molecule has 6 heteroatoms. The Morgan fingerprint density at radius 2 is 2.20 bits per heavy atom. The number of likely N-dealkylation sites (tertiary alicyclic amines) is 1. The Morgan fingerprint density at radius 1 is 1.36 bits per heavy atom. The zero-order chi connectivity index (χ0) is 17.8. The van der Waals surface area contributed by atoms with E-state index in [0.717, 1.165) is 25.2 Å². The molecule has 3 heterocycles. The van der Waals surface area contributed by atoms with Crippen LogP contribution in [0.5, 0.6) is 0 Å². The van der Waals surface area contributed by atoms with E-state index in [1.807, 2.05) is 12.4 Å². The number of carbonyl (C=O) groups is 1. The molecule has 25 heavy (non-hydrogen) atoms. The van der Waals surface area contributed by atoms with Crippen molar-refractivity contribution in [2.24, 2.45) is 0 Å². The average Bonchev–Trinajstić information content (AvgIpc) is 3.23. The van der Waals surface area contributed by atoms with Gasteiger partial charge in [-0.2, -0.15) is 5.10 Å². The van der Waals surface area contributed by atoms with Crippen molar-refractivity contribution in [1.29, 1.82) is 0 Å². The van der Waals surface area contributed by atoms with Gasteiger partial charge in [-0.15, -0.1) is 0 Å². The highest BCUT2D eigenvalue weighted by molar-refractivity contribution is 5.72. The van der Waals surface area contributed by atoms with Crippen molar-refractivity contribution >= 4 is 5.91 Å². The standard InChI is InChI=1S/C19H27N5O/c1-14(2)24-18(7-9-22-24)13-23-10-4-5-19(23)16-6-8-20-17(11-16)12-21-15(3)25/h6-9,11,14,19H,4-5,10,12-13H2,1-3H3,(H,21,25). The van der Waals surface area contributed by atoms with Crippen molar-refractivity contribution in [3.63, 3.8) is 0 Å². The largest absolute Gasteiger partial charge is 0.351 e. The zero-order valence-corrected chi connectivity index (χ0v) is 15.3. The Hall–Kier alpha value is -2.21. The van der Waals surface area contributed by atoms with Gasteiger partial charge in [0.2, 0.25) is 5.91 Å². The average molecular weight is 341 g/mol. The van der Waals surface area contributed by atoms with Crippen LogP contribution >= 0.6 is 0 Å². The predicted octanol–water partition coefficient (Wildman–Crippen LogP) is 2.83. The second-order valence-corrected chi connectivity index (χ2v) is 6.98. The molecule has 0 aliphatic carbocycles. The molecule has 1 saturated heterocycles. The summed E-state index contributed by atoms with van der Waals surface area (Å²) in [5.41, 5.74) is 3.45. The highest BCUT2D eigenvalue weighted by Crippen LogP contribution is 2.33. The molecule has 1 unspecified atom stereocenters. The fourth-order valence-corrected chi connectivity index (χ4v) is 3.55. The summed E-state index contributed by atoms with van der Waals surface area (Å²) in [4.78, 5) is 18.0. The van der Waals surface area contributed by atoms with Gasteiger partial charge in [0, 0.05) is 37.9 Å².